The topological polar surface area (TPSA) is 67.9 Å². The molecule has 2 aromatic rings. The van der Waals surface area contributed by atoms with E-state index in [-0.39, 0.29) is 24.5 Å². The molecule has 1 N–H and O–H groups in total. The lowest BCUT2D eigenvalue weighted by Gasteiger charge is -2.33. The quantitative estimate of drug-likeness (QED) is 0.692. The maximum atomic E-state index is 12.4. The number of nitrogens with one attached hydrogen (secondary N) is 1. The molecule has 1 aromatic carbocycles. The van der Waals surface area contributed by atoms with Gasteiger partial charge in [0, 0.05) is 23.0 Å². The molecule has 1 aromatic heterocycles. The van der Waals surface area contributed by atoms with Crippen molar-refractivity contribution in [3.8, 4) is 5.75 Å². The smallest absolute Gasteiger partial charge is 0.317 e. The van der Waals surface area contributed by atoms with Crippen molar-refractivity contribution < 1.29 is 19.1 Å². The lowest BCUT2D eigenvalue weighted by molar-refractivity contribution is -0.0352. The van der Waals surface area contributed by atoms with Crippen LogP contribution in [-0.4, -0.2) is 55.7 Å². The first-order valence-corrected chi connectivity index (χ1v) is 10.4. The summed E-state index contributed by atoms with van der Waals surface area (Å²) in [6.07, 6.45) is 0.567. The van der Waals surface area contributed by atoms with Crippen LogP contribution in [0.15, 0.2) is 35.7 Å². The fourth-order valence-electron chi connectivity index (χ4n) is 2.95. The Kier molecular flexibility index (Phi) is 7.30. The highest BCUT2D eigenvalue weighted by atomic mass is 35.5. The Hall–Kier alpha value is -2.09. The van der Waals surface area contributed by atoms with E-state index in [4.69, 9.17) is 21.1 Å². The number of hydrogen-bond acceptors (Lipinski definition) is 5. The average Bonchev–Trinajstić information content (AvgIpc) is 3.20. The Bertz CT molecular complexity index is 813. The van der Waals surface area contributed by atoms with Crippen molar-refractivity contribution in [1.82, 2.24) is 10.2 Å². The van der Waals surface area contributed by atoms with Gasteiger partial charge in [-0.05, 0) is 43.0 Å². The van der Waals surface area contributed by atoms with Gasteiger partial charge in [-0.1, -0.05) is 17.7 Å². The molecule has 1 aliphatic rings. The minimum atomic E-state index is -0.257. The number of ketones is 1. The first-order valence-electron chi connectivity index (χ1n) is 9.13. The molecule has 1 saturated heterocycles. The van der Waals surface area contributed by atoms with Gasteiger partial charge in [-0.25, -0.2) is 4.79 Å². The monoisotopic (exact) mass is 422 g/mol. The van der Waals surface area contributed by atoms with Crippen molar-refractivity contribution in [1.29, 1.82) is 0 Å². The second kappa shape index (κ2) is 9.91. The number of benzene rings is 1. The highest BCUT2D eigenvalue weighted by Crippen LogP contribution is 2.24. The molecular formula is C20H23ClN2O4S. The lowest BCUT2D eigenvalue weighted by Crippen LogP contribution is -2.51. The summed E-state index contributed by atoms with van der Waals surface area (Å²) in [5.41, 5.74) is 0.437. The maximum absolute atomic E-state index is 12.4. The molecule has 8 heteroatoms. The molecular weight excluding hydrogens is 400 g/mol. The maximum Gasteiger partial charge on any atom is 0.317 e. The molecule has 0 aliphatic carbocycles. The molecule has 2 amide bonds. The van der Waals surface area contributed by atoms with Crippen LogP contribution in [0.1, 0.15) is 22.2 Å². The second-order valence-corrected chi connectivity index (χ2v) is 7.98. The van der Waals surface area contributed by atoms with E-state index in [9.17, 15) is 9.59 Å². The number of ether oxygens (including phenoxy) is 2. The van der Waals surface area contributed by atoms with Gasteiger partial charge in [0.1, 0.15) is 18.5 Å². The first kappa shape index (κ1) is 20.6. The number of halogens is 1. The van der Waals surface area contributed by atoms with E-state index in [1.807, 2.05) is 11.4 Å². The zero-order valence-electron chi connectivity index (χ0n) is 15.7. The first-order chi connectivity index (χ1) is 13.5. The molecule has 0 spiro atoms. The van der Waals surface area contributed by atoms with Gasteiger partial charge in [0.15, 0.2) is 5.78 Å². The van der Waals surface area contributed by atoms with Gasteiger partial charge in [-0.2, -0.15) is 0 Å². The van der Waals surface area contributed by atoms with Crippen molar-refractivity contribution >= 4 is 34.8 Å². The molecule has 3 rings (SSSR count). The molecule has 28 heavy (non-hydrogen) atoms. The summed E-state index contributed by atoms with van der Waals surface area (Å²) in [5.74, 6) is 0.354. The predicted molar refractivity (Wildman–Crippen MR) is 110 cm³/mol. The van der Waals surface area contributed by atoms with Crippen LogP contribution >= 0.6 is 22.9 Å². The van der Waals surface area contributed by atoms with Gasteiger partial charge in [0.2, 0.25) is 0 Å². The predicted octanol–water partition coefficient (Wildman–Crippen LogP) is 3.64. The number of Topliss-reactive ketones (excluding diaryl/α,β-unsaturated/α-hetero) is 1. The number of carbonyl (C=O) groups is 2. The molecule has 1 unspecified atom stereocenters. The van der Waals surface area contributed by atoms with Gasteiger partial charge in [-0.15, -0.1) is 11.3 Å². The number of morpholine rings is 1. The summed E-state index contributed by atoms with van der Waals surface area (Å²) < 4.78 is 11.5. The van der Waals surface area contributed by atoms with Crippen molar-refractivity contribution in [3.05, 3.63) is 51.2 Å². The molecule has 0 radical (unpaired) electrons. The molecule has 2 heterocycles. The molecule has 1 aliphatic heterocycles. The van der Waals surface area contributed by atoms with Crippen molar-refractivity contribution in [2.75, 3.05) is 32.8 Å². The van der Waals surface area contributed by atoms with Crippen LogP contribution in [0.3, 0.4) is 0 Å². The Balaban J connectivity index is 1.48. The van der Waals surface area contributed by atoms with Crippen LogP contribution in [0.5, 0.6) is 5.75 Å². The van der Waals surface area contributed by atoms with E-state index in [1.165, 1.54) is 11.8 Å². The summed E-state index contributed by atoms with van der Waals surface area (Å²) in [6.45, 7) is 3.75. The number of nitrogens with zero attached hydrogens (tertiary/aromatic N) is 1. The Morgan fingerprint density at radius 1 is 1.39 bits per heavy atom. The van der Waals surface area contributed by atoms with E-state index in [0.717, 1.165) is 6.42 Å². The largest absolute Gasteiger partial charge is 0.490 e. The van der Waals surface area contributed by atoms with Crippen LogP contribution < -0.4 is 10.1 Å². The number of thiophene rings is 1. The standard InChI is InChI=1S/C20H23ClN2O4S/c1-14(24)18-11-15(21)4-5-19(18)27-13-16-12-23(8-9-26-16)20(25)22-7-6-17-3-2-10-28-17/h2-5,10-11,16H,6-9,12-13H2,1H3,(H,22,25). The summed E-state index contributed by atoms with van der Waals surface area (Å²) in [6, 6.07) is 8.92. The normalized spacial score (nSPS) is 16.6. The van der Waals surface area contributed by atoms with Gasteiger partial charge in [0.05, 0.1) is 18.7 Å². The van der Waals surface area contributed by atoms with Gasteiger partial charge < -0.3 is 19.7 Å². The SMILES string of the molecule is CC(=O)c1cc(Cl)ccc1OCC1CN(C(=O)NCCc2cccs2)CCO1. The molecule has 1 fully saturated rings. The molecule has 6 nitrogen and oxygen atoms in total. The van der Waals surface area contributed by atoms with E-state index >= 15 is 0 Å². The summed E-state index contributed by atoms with van der Waals surface area (Å²) in [5, 5.41) is 5.47. The Labute approximate surface area is 173 Å². The minimum Gasteiger partial charge on any atom is -0.490 e. The summed E-state index contributed by atoms with van der Waals surface area (Å²) in [7, 11) is 0. The third-order valence-corrected chi connectivity index (χ3v) is 5.57. The third-order valence-electron chi connectivity index (χ3n) is 4.40. The van der Waals surface area contributed by atoms with Gasteiger partial charge in [0.25, 0.3) is 0 Å². The van der Waals surface area contributed by atoms with Gasteiger partial charge in [-0.3, -0.25) is 4.79 Å². The van der Waals surface area contributed by atoms with E-state index < -0.39 is 0 Å². The summed E-state index contributed by atoms with van der Waals surface area (Å²) in [4.78, 5) is 27.1. The minimum absolute atomic E-state index is 0.0965. The van der Waals surface area contributed by atoms with Crippen LogP contribution in [0.4, 0.5) is 4.79 Å². The van der Waals surface area contributed by atoms with Crippen molar-refractivity contribution in [3.63, 3.8) is 0 Å². The third kappa shape index (κ3) is 5.70. The number of rotatable bonds is 7. The van der Waals surface area contributed by atoms with Crippen LogP contribution in [0.25, 0.3) is 0 Å². The molecule has 1 atom stereocenters. The van der Waals surface area contributed by atoms with Crippen LogP contribution in [-0.2, 0) is 11.2 Å². The van der Waals surface area contributed by atoms with E-state index in [1.54, 1.807) is 34.4 Å². The fraction of sp³-hybridized carbons (Fsp3) is 0.400. The number of carbonyl (C=O) groups excluding carboxylic acids is 2. The average molecular weight is 423 g/mol. The highest BCUT2D eigenvalue weighted by molar-refractivity contribution is 7.09. The second-order valence-electron chi connectivity index (χ2n) is 6.51. The number of amides is 2. The number of hydrogen-bond donors (Lipinski definition) is 1. The van der Waals surface area contributed by atoms with Crippen molar-refractivity contribution in [2.45, 2.75) is 19.4 Å². The lowest BCUT2D eigenvalue weighted by atomic mass is 10.1. The summed E-state index contributed by atoms with van der Waals surface area (Å²) >= 11 is 7.64. The van der Waals surface area contributed by atoms with E-state index in [2.05, 4.69) is 11.4 Å². The fourth-order valence-corrected chi connectivity index (χ4v) is 3.83. The van der Waals surface area contributed by atoms with E-state index in [0.29, 0.717) is 42.6 Å². The molecule has 0 bridgehead atoms. The Morgan fingerprint density at radius 2 is 2.25 bits per heavy atom. The Morgan fingerprint density at radius 3 is 3.00 bits per heavy atom. The zero-order valence-corrected chi connectivity index (χ0v) is 17.2. The highest BCUT2D eigenvalue weighted by Gasteiger charge is 2.25. The number of urea groups is 1. The van der Waals surface area contributed by atoms with Crippen LogP contribution in [0, 0.1) is 0 Å². The molecule has 0 saturated carbocycles. The van der Waals surface area contributed by atoms with Crippen molar-refractivity contribution in [2.24, 2.45) is 0 Å². The zero-order chi connectivity index (χ0) is 19.9. The van der Waals surface area contributed by atoms with Crippen LogP contribution in [0.2, 0.25) is 5.02 Å². The van der Waals surface area contributed by atoms with Gasteiger partial charge >= 0.3 is 6.03 Å². The molecule has 150 valence electrons.